The van der Waals surface area contributed by atoms with E-state index in [0.29, 0.717) is 0 Å². The first-order valence-electron chi connectivity index (χ1n) is 7.95. The number of aromatic nitrogens is 2. The summed E-state index contributed by atoms with van der Waals surface area (Å²) in [5, 5.41) is 0. The molecule has 4 heteroatoms. The molecule has 1 aliphatic heterocycles. The molecule has 0 amide bonds. The Labute approximate surface area is 143 Å². The van der Waals surface area contributed by atoms with Crippen LogP contribution in [-0.2, 0) is 6.54 Å². The number of aliphatic imine (C=N–C) groups is 1. The summed E-state index contributed by atoms with van der Waals surface area (Å²) in [5.74, 6) is 0. The van der Waals surface area contributed by atoms with E-state index in [1.54, 1.807) is 11.3 Å². The minimum absolute atomic E-state index is 0.733. The third-order valence-corrected chi connectivity index (χ3v) is 5.43. The monoisotopic (exact) mass is 329 g/mol. The Balaban J connectivity index is 1.79. The van der Waals surface area contributed by atoms with Crippen LogP contribution in [0.2, 0.25) is 0 Å². The quantitative estimate of drug-likeness (QED) is 0.483. The molecule has 0 atom stereocenters. The van der Waals surface area contributed by atoms with Crippen molar-refractivity contribution in [2.75, 3.05) is 0 Å². The van der Waals surface area contributed by atoms with E-state index >= 15 is 0 Å². The van der Waals surface area contributed by atoms with Crippen LogP contribution in [0.3, 0.4) is 0 Å². The second kappa shape index (κ2) is 5.14. The van der Waals surface area contributed by atoms with Gasteiger partial charge in [-0.05, 0) is 42.8 Å². The number of aryl methyl sites for hydroxylation is 1. The predicted octanol–water partition coefficient (Wildman–Crippen LogP) is 4.99. The fourth-order valence-corrected chi connectivity index (χ4v) is 4.11. The molecule has 0 saturated heterocycles. The highest BCUT2D eigenvalue weighted by Gasteiger charge is 2.17. The lowest BCUT2D eigenvalue weighted by Crippen LogP contribution is -2.03. The summed E-state index contributed by atoms with van der Waals surface area (Å²) in [6.45, 7) is 2.89. The maximum Gasteiger partial charge on any atom is 0.0812 e. The second-order valence-electron chi connectivity index (χ2n) is 6.06. The van der Waals surface area contributed by atoms with Crippen molar-refractivity contribution in [3.8, 4) is 16.9 Å². The van der Waals surface area contributed by atoms with Crippen LogP contribution in [0.15, 0.2) is 59.0 Å². The highest BCUT2D eigenvalue weighted by atomic mass is 32.1. The first kappa shape index (κ1) is 13.7. The van der Waals surface area contributed by atoms with Gasteiger partial charge in [-0.25, -0.2) is 4.98 Å². The van der Waals surface area contributed by atoms with Crippen LogP contribution in [0.1, 0.15) is 16.8 Å². The lowest BCUT2D eigenvalue weighted by atomic mass is 10.1. The Hall–Kier alpha value is -2.72. The molecule has 3 heterocycles. The van der Waals surface area contributed by atoms with Crippen molar-refractivity contribution in [2.45, 2.75) is 13.5 Å². The average molecular weight is 329 g/mol. The third-order valence-electron chi connectivity index (χ3n) is 4.64. The van der Waals surface area contributed by atoms with Crippen molar-refractivity contribution in [3.63, 3.8) is 0 Å². The first-order chi connectivity index (χ1) is 11.8. The van der Waals surface area contributed by atoms with Gasteiger partial charge in [-0.15, -0.1) is 11.3 Å². The average Bonchev–Trinajstić information content (AvgIpc) is 3.18. The minimum Gasteiger partial charge on any atom is -0.308 e. The van der Waals surface area contributed by atoms with Gasteiger partial charge in [0.2, 0.25) is 0 Å². The van der Waals surface area contributed by atoms with Gasteiger partial charge in [-0.1, -0.05) is 18.2 Å². The van der Waals surface area contributed by atoms with Gasteiger partial charge < -0.3 is 4.57 Å². The molecule has 5 rings (SSSR count). The normalized spacial score (nSPS) is 12.9. The van der Waals surface area contributed by atoms with E-state index in [0.717, 1.165) is 17.8 Å². The zero-order valence-corrected chi connectivity index (χ0v) is 14.0. The zero-order chi connectivity index (χ0) is 16.1. The lowest BCUT2D eigenvalue weighted by molar-refractivity contribution is 1.01. The smallest absolute Gasteiger partial charge is 0.0812 e. The van der Waals surface area contributed by atoms with Crippen molar-refractivity contribution in [2.24, 2.45) is 4.99 Å². The Morgan fingerprint density at radius 3 is 3.00 bits per heavy atom. The maximum atomic E-state index is 4.61. The maximum absolute atomic E-state index is 4.61. The van der Waals surface area contributed by atoms with E-state index in [1.165, 1.54) is 32.8 Å². The van der Waals surface area contributed by atoms with Crippen LogP contribution >= 0.6 is 11.3 Å². The van der Waals surface area contributed by atoms with Crippen LogP contribution in [0.5, 0.6) is 0 Å². The third kappa shape index (κ3) is 1.96. The molecule has 1 aliphatic rings. The van der Waals surface area contributed by atoms with E-state index in [1.807, 2.05) is 11.7 Å². The lowest BCUT2D eigenvalue weighted by Gasteiger charge is -2.15. The number of hydrogen-bond donors (Lipinski definition) is 0. The van der Waals surface area contributed by atoms with Gasteiger partial charge in [0.1, 0.15) is 0 Å². The molecule has 24 heavy (non-hydrogen) atoms. The van der Waals surface area contributed by atoms with Gasteiger partial charge >= 0.3 is 0 Å². The Kier molecular flexibility index (Phi) is 2.94. The summed E-state index contributed by atoms with van der Waals surface area (Å²) >= 11 is 1.68. The molecule has 116 valence electrons. The Bertz CT molecular complexity index is 1100. The SMILES string of the molecule is Cc1cccc2c1CN=Cc1ccc(-c3ccc4ncsc4c3)n1-2. The molecule has 0 aliphatic carbocycles. The number of rotatable bonds is 1. The van der Waals surface area contributed by atoms with Crippen LogP contribution < -0.4 is 0 Å². The molecule has 4 aromatic rings. The highest BCUT2D eigenvalue weighted by Crippen LogP contribution is 2.33. The largest absolute Gasteiger partial charge is 0.308 e. The summed E-state index contributed by atoms with van der Waals surface area (Å²) in [7, 11) is 0. The number of thiazole rings is 1. The van der Waals surface area contributed by atoms with E-state index in [9.17, 15) is 0 Å². The minimum atomic E-state index is 0.733. The molecule has 0 saturated carbocycles. The summed E-state index contributed by atoms with van der Waals surface area (Å²) in [6.07, 6.45) is 1.98. The zero-order valence-electron chi connectivity index (χ0n) is 13.2. The van der Waals surface area contributed by atoms with Crippen LogP contribution in [-0.4, -0.2) is 15.8 Å². The molecule has 0 radical (unpaired) electrons. The van der Waals surface area contributed by atoms with Gasteiger partial charge in [0.25, 0.3) is 0 Å². The number of fused-ring (bicyclic) bond motifs is 4. The van der Waals surface area contributed by atoms with Gasteiger partial charge in [0.05, 0.1) is 39.3 Å². The summed E-state index contributed by atoms with van der Waals surface area (Å²) in [6, 6.07) is 17.3. The number of hydrogen-bond acceptors (Lipinski definition) is 3. The molecular formula is C20H15N3S. The van der Waals surface area contributed by atoms with Gasteiger partial charge in [-0.2, -0.15) is 0 Å². The van der Waals surface area contributed by atoms with E-state index in [4.69, 9.17) is 0 Å². The molecule has 0 fully saturated rings. The predicted molar refractivity (Wildman–Crippen MR) is 100 cm³/mol. The van der Waals surface area contributed by atoms with Crippen LogP contribution in [0.25, 0.3) is 27.2 Å². The van der Waals surface area contributed by atoms with Crippen molar-refractivity contribution >= 4 is 27.8 Å². The van der Waals surface area contributed by atoms with Gasteiger partial charge in [0.15, 0.2) is 0 Å². The van der Waals surface area contributed by atoms with E-state index in [-0.39, 0.29) is 0 Å². The molecule has 3 nitrogen and oxygen atoms in total. The van der Waals surface area contributed by atoms with Crippen LogP contribution in [0, 0.1) is 6.92 Å². The molecule has 0 N–H and O–H groups in total. The Morgan fingerprint density at radius 2 is 2.04 bits per heavy atom. The molecule has 2 aromatic heterocycles. The second-order valence-corrected chi connectivity index (χ2v) is 6.94. The number of nitrogens with zero attached hydrogens (tertiary/aromatic N) is 3. The standard InChI is InChI=1S/C20H15N3S/c1-13-3-2-4-19-16(13)11-21-10-15-6-8-18(23(15)19)14-5-7-17-20(9-14)24-12-22-17/h2-10,12H,11H2,1H3. The Morgan fingerprint density at radius 1 is 1.08 bits per heavy atom. The van der Waals surface area contributed by atoms with E-state index in [2.05, 4.69) is 70.0 Å². The van der Waals surface area contributed by atoms with Crippen LogP contribution in [0.4, 0.5) is 0 Å². The number of benzene rings is 2. The molecule has 0 bridgehead atoms. The fraction of sp³-hybridized carbons (Fsp3) is 0.100. The van der Waals surface area contributed by atoms with Crippen molar-refractivity contribution < 1.29 is 0 Å². The van der Waals surface area contributed by atoms with Crippen molar-refractivity contribution in [1.82, 2.24) is 9.55 Å². The fourth-order valence-electron chi connectivity index (χ4n) is 3.39. The molecular weight excluding hydrogens is 314 g/mol. The van der Waals surface area contributed by atoms with Crippen molar-refractivity contribution in [1.29, 1.82) is 0 Å². The summed E-state index contributed by atoms with van der Waals surface area (Å²) < 4.78 is 3.54. The van der Waals surface area contributed by atoms with E-state index < -0.39 is 0 Å². The molecule has 2 aromatic carbocycles. The summed E-state index contributed by atoms with van der Waals surface area (Å²) in [5.41, 5.74) is 10.3. The van der Waals surface area contributed by atoms with Gasteiger partial charge in [-0.3, -0.25) is 4.99 Å². The summed E-state index contributed by atoms with van der Waals surface area (Å²) in [4.78, 5) is 8.99. The topological polar surface area (TPSA) is 30.2 Å². The molecule has 0 spiro atoms. The van der Waals surface area contributed by atoms with Gasteiger partial charge in [0, 0.05) is 17.3 Å². The molecule has 0 unspecified atom stereocenters. The highest BCUT2D eigenvalue weighted by molar-refractivity contribution is 7.16. The first-order valence-corrected chi connectivity index (χ1v) is 8.83. The van der Waals surface area contributed by atoms with Crippen molar-refractivity contribution in [3.05, 3.63) is 70.9 Å².